The van der Waals surface area contributed by atoms with Crippen LogP contribution in [0.25, 0.3) is 0 Å². The molecule has 0 aliphatic carbocycles. The second kappa shape index (κ2) is 5.71. The number of carbonyl (C=O) groups excluding carboxylic acids is 1. The van der Waals surface area contributed by atoms with Crippen molar-refractivity contribution in [3.63, 3.8) is 0 Å². The highest BCUT2D eigenvalue weighted by Gasteiger charge is 2.28. The summed E-state index contributed by atoms with van der Waals surface area (Å²) < 4.78 is 20.6. The van der Waals surface area contributed by atoms with Crippen molar-refractivity contribution in [1.82, 2.24) is 14.7 Å². The van der Waals surface area contributed by atoms with E-state index in [0.29, 0.717) is 17.6 Å². The number of likely N-dealkylation sites (tertiary alicyclic amines) is 1. The molecule has 1 aromatic heterocycles. The molecule has 20 heavy (non-hydrogen) atoms. The fourth-order valence-corrected chi connectivity index (χ4v) is 2.46. The first-order valence-corrected chi connectivity index (χ1v) is 7.43. The lowest BCUT2D eigenvalue weighted by atomic mass is 10.1. The molecule has 1 aliphatic heterocycles. The molecule has 5 nitrogen and oxygen atoms in total. The van der Waals surface area contributed by atoms with Crippen LogP contribution in [-0.4, -0.2) is 39.5 Å². The van der Waals surface area contributed by atoms with E-state index < -0.39 is 11.5 Å². The van der Waals surface area contributed by atoms with Crippen molar-refractivity contribution < 1.29 is 13.9 Å². The highest BCUT2D eigenvalue weighted by molar-refractivity contribution is 9.10. The highest BCUT2D eigenvalue weighted by Crippen LogP contribution is 2.25. The molecule has 0 saturated carbocycles. The molecule has 0 atom stereocenters. The smallest absolute Gasteiger partial charge is 0.410 e. The standard InChI is InChI=1S/C13H19BrFN3O2/c1-13(2,3)20-12(19)17-6-4-9(5-7-17)18-8-10(14)11(15)16-18/h8-9H,4-7H2,1-3H3. The van der Waals surface area contributed by atoms with Gasteiger partial charge in [0.1, 0.15) is 5.60 Å². The quantitative estimate of drug-likeness (QED) is 0.782. The van der Waals surface area contributed by atoms with Crippen LogP contribution in [0.4, 0.5) is 9.18 Å². The lowest BCUT2D eigenvalue weighted by molar-refractivity contribution is 0.0184. The van der Waals surface area contributed by atoms with Crippen molar-refractivity contribution >= 4 is 22.0 Å². The van der Waals surface area contributed by atoms with Gasteiger partial charge in [-0.15, -0.1) is 5.10 Å². The summed E-state index contributed by atoms with van der Waals surface area (Å²) in [5.41, 5.74) is -0.482. The number of hydrogen-bond donors (Lipinski definition) is 0. The Morgan fingerprint density at radius 1 is 1.45 bits per heavy atom. The van der Waals surface area contributed by atoms with Gasteiger partial charge in [-0.05, 0) is 49.5 Å². The summed E-state index contributed by atoms with van der Waals surface area (Å²) in [6.45, 7) is 6.74. The number of hydrogen-bond acceptors (Lipinski definition) is 3. The largest absolute Gasteiger partial charge is 0.444 e. The lowest BCUT2D eigenvalue weighted by Crippen LogP contribution is -2.42. The number of rotatable bonds is 1. The molecule has 0 spiro atoms. The van der Waals surface area contributed by atoms with Crippen molar-refractivity contribution in [1.29, 1.82) is 0 Å². The molecule has 7 heteroatoms. The molecule has 1 amide bonds. The molecule has 2 rings (SSSR count). The van der Waals surface area contributed by atoms with Gasteiger partial charge in [0.05, 0.1) is 10.5 Å². The summed E-state index contributed by atoms with van der Waals surface area (Å²) in [5.74, 6) is -0.500. The molecule has 0 aromatic carbocycles. The summed E-state index contributed by atoms with van der Waals surface area (Å²) >= 11 is 3.11. The minimum absolute atomic E-state index is 0.120. The highest BCUT2D eigenvalue weighted by atomic mass is 79.9. The van der Waals surface area contributed by atoms with Crippen molar-refractivity contribution in [3.8, 4) is 0 Å². The van der Waals surface area contributed by atoms with Crippen LogP contribution in [0.3, 0.4) is 0 Å². The van der Waals surface area contributed by atoms with Gasteiger partial charge in [0.25, 0.3) is 0 Å². The fourth-order valence-electron chi connectivity index (χ4n) is 2.17. The van der Waals surface area contributed by atoms with E-state index >= 15 is 0 Å². The van der Waals surface area contributed by atoms with Crippen molar-refractivity contribution in [3.05, 3.63) is 16.6 Å². The third-order valence-electron chi connectivity index (χ3n) is 3.14. The van der Waals surface area contributed by atoms with Gasteiger partial charge in [0.2, 0.25) is 5.95 Å². The number of ether oxygens (including phenoxy) is 1. The van der Waals surface area contributed by atoms with Gasteiger partial charge in [-0.1, -0.05) is 0 Å². The normalized spacial score (nSPS) is 17.4. The minimum atomic E-state index is -0.500. The van der Waals surface area contributed by atoms with Gasteiger partial charge in [0.15, 0.2) is 0 Å². The summed E-state index contributed by atoms with van der Waals surface area (Å²) in [5, 5.41) is 3.83. The van der Waals surface area contributed by atoms with E-state index in [4.69, 9.17) is 4.74 Å². The molecule has 1 saturated heterocycles. The zero-order chi connectivity index (χ0) is 14.9. The summed E-state index contributed by atoms with van der Waals surface area (Å²) in [6, 6.07) is 0.120. The average molecular weight is 348 g/mol. The Morgan fingerprint density at radius 3 is 2.50 bits per heavy atom. The van der Waals surface area contributed by atoms with E-state index in [0.717, 1.165) is 12.8 Å². The van der Waals surface area contributed by atoms with Crippen molar-refractivity contribution in [2.24, 2.45) is 0 Å². The first-order chi connectivity index (χ1) is 9.26. The van der Waals surface area contributed by atoms with Crippen LogP contribution >= 0.6 is 15.9 Å². The van der Waals surface area contributed by atoms with E-state index in [9.17, 15) is 9.18 Å². The summed E-state index contributed by atoms with van der Waals surface area (Å²) in [4.78, 5) is 13.6. The number of nitrogens with zero attached hydrogens (tertiary/aromatic N) is 3. The Hall–Kier alpha value is -1.11. The molecule has 2 heterocycles. The molecule has 0 unspecified atom stereocenters. The Labute approximate surface area is 126 Å². The Kier molecular flexibility index (Phi) is 4.36. The lowest BCUT2D eigenvalue weighted by Gasteiger charge is -2.33. The van der Waals surface area contributed by atoms with Crippen molar-refractivity contribution in [2.75, 3.05) is 13.1 Å². The second-order valence-corrected chi connectivity index (χ2v) is 6.80. The topological polar surface area (TPSA) is 47.4 Å². The average Bonchev–Trinajstić information content (AvgIpc) is 2.68. The van der Waals surface area contributed by atoms with Gasteiger partial charge in [0, 0.05) is 19.3 Å². The summed E-state index contributed by atoms with van der Waals surface area (Å²) in [7, 11) is 0. The number of carbonyl (C=O) groups is 1. The van der Waals surface area contributed by atoms with E-state index in [-0.39, 0.29) is 12.1 Å². The predicted molar refractivity (Wildman–Crippen MR) is 76.0 cm³/mol. The monoisotopic (exact) mass is 347 g/mol. The molecule has 1 aliphatic rings. The van der Waals surface area contributed by atoms with Gasteiger partial charge in [-0.25, -0.2) is 4.79 Å². The first kappa shape index (κ1) is 15.3. The van der Waals surface area contributed by atoms with Crippen LogP contribution in [0.15, 0.2) is 10.7 Å². The maximum atomic E-state index is 13.2. The van der Waals surface area contributed by atoms with E-state index in [1.165, 1.54) is 0 Å². The van der Waals surface area contributed by atoms with Crippen LogP contribution in [0.2, 0.25) is 0 Å². The minimum Gasteiger partial charge on any atom is -0.444 e. The predicted octanol–water partition coefficient (Wildman–Crippen LogP) is 3.36. The van der Waals surface area contributed by atoms with Gasteiger partial charge >= 0.3 is 6.09 Å². The number of piperidine rings is 1. The van der Waals surface area contributed by atoms with Crippen LogP contribution in [0.5, 0.6) is 0 Å². The van der Waals surface area contributed by atoms with E-state index in [1.54, 1.807) is 15.8 Å². The maximum Gasteiger partial charge on any atom is 0.410 e. The molecular formula is C13H19BrFN3O2. The zero-order valence-electron chi connectivity index (χ0n) is 11.9. The van der Waals surface area contributed by atoms with Gasteiger partial charge in [-0.2, -0.15) is 4.39 Å². The molecule has 1 fully saturated rings. The number of halogens is 2. The van der Waals surface area contributed by atoms with Crippen LogP contribution in [-0.2, 0) is 4.74 Å². The second-order valence-electron chi connectivity index (χ2n) is 5.95. The molecule has 0 bridgehead atoms. The van der Waals surface area contributed by atoms with E-state index in [1.807, 2.05) is 20.8 Å². The molecule has 112 valence electrons. The molecule has 1 aromatic rings. The van der Waals surface area contributed by atoms with Gasteiger partial charge in [-0.3, -0.25) is 4.68 Å². The fraction of sp³-hybridized carbons (Fsp3) is 0.692. The summed E-state index contributed by atoms with van der Waals surface area (Å²) in [6.07, 6.45) is 2.84. The molecular weight excluding hydrogens is 329 g/mol. The van der Waals surface area contributed by atoms with Crippen LogP contribution < -0.4 is 0 Å². The third kappa shape index (κ3) is 3.71. The SMILES string of the molecule is CC(C)(C)OC(=O)N1CCC(n2cc(Br)c(F)n2)CC1. The maximum absolute atomic E-state index is 13.2. The Bertz CT molecular complexity index is 471. The van der Waals surface area contributed by atoms with E-state index in [2.05, 4.69) is 21.0 Å². The first-order valence-electron chi connectivity index (χ1n) is 6.64. The Balaban J connectivity index is 1.91. The van der Waals surface area contributed by atoms with Gasteiger partial charge < -0.3 is 9.64 Å². The van der Waals surface area contributed by atoms with Crippen LogP contribution in [0, 0.1) is 5.95 Å². The van der Waals surface area contributed by atoms with Crippen molar-refractivity contribution in [2.45, 2.75) is 45.3 Å². The third-order valence-corrected chi connectivity index (χ3v) is 3.67. The van der Waals surface area contributed by atoms with Crippen LogP contribution in [0.1, 0.15) is 39.7 Å². The number of aromatic nitrogens is 2. The zero-order valence-corrected chi connectivity index (χ0v) is 13.5. The molecule has 0 radical (unpaired) electrons. The molecule has 0 N–H and O–H groups in total. The Morgan fingerprint density at radius 2 is 2.05 bits per heavy atom. The number of amides is 1.